The van der Waals surface area contributed by atoms with Crippen molar-refractivity contribution >= 4 is 11.7 Å². The van der Waals surface area contributed by atoms with Crippen molar-refractivity contribution in [1.82, 2.24) is 20.4 Å². The molecule has 1 saturated heterocycles. The molecule has 1 aliphatic heterocycles. The monoisotopic (exact) mass is 341 g/mol. The van der Waals surface area contributed by atoms with E-state index in [1.807, 2.05) is 45.0 Å². The summed E-state index contributed by atoms with van der Waals surface area (Å²) in [5.41, 5.74) is 5.45. The third-order valence-corrected chi connectivity index (χ3v) is 4.90. The molecule has 0 spiro atoms. The maximum Gasteiger partial charge on any atom is 0.318 e. The molecule has 1 atom stereocenters. The van der Waals surface area contributed by atoms with Gasteiger partial charge in [-0.3, -0.25) is 5.10 Å². The Morgan fingerprint density at radius 3 is 2.88 bits per heavy atom. The summed E-state index contributed by atoms with van der Waals surface area (Å²) in [6, 6.07) is 8.34. The molecule has 0 aliphatic carbocycles. The number of aromatic amines is 1. The second-order valence-corrected chi connectivity index (χ2v) is 6.92. The van der Waals surface area contributed by atoms with Crippen LogP contribution in [-0.4, -0.2) is 41.8 Å². The van der Waals surface area contributed by atoms with Gasteiger partial charge in [-0.2, -0.15) is 5.10 Å². The number of likely N-dealkylation sites (tertiary alicyclic amines) is 1. The second-order valence-electron chi connectivity index (χ2n) is 6.92. The van der Waals surface area contributed by atoms with E-state index in [1.165, 1.54) is 5.56 Å². The maximum atomic E-state index is 12.7. The van der Waals surface area contributed by atoms with Crippen LogP contribution in [0.25, 0.3) is 0 Å². The topological polar surface area (TPSA) is 64.3 Å². The van der Waals surface area contributed by atoms with Gasteiger partial charge in [0, 0.05) is 44.1 Å². The average molecular weight is 341 g/mol. The molecule has 0 unspecified atom stereocenters. The fourth-order valence-electron chi connectivity index (χ4n) is 3.58. The molecule has 134 valence electrons. The minimum Gasteiger partial charge on any atom is -0.378 e. The number of hydrogen-bond acceptors (Lipinski definition) is 3. The molecule has 1 aliphatic rings. The Morgan fingerprint density at radius 1 is 1.40 bits per heavy atom. The lowest BCUT2D eigenvalue weighted by Crippen LogP contribution is -2.39. The Morgan fingerprint density at radius 2 is 2.20 bits per heavy atom. The van der Waals surface area contributed by atoms with E-state index in [0.29, 0.717) is 6.54 Å². The first kappa shape index (κ1) is 17.3. The number of nitrogens with one attached hydrogen (secondary N) is 2. The summed E-state index contributed by atoms with van der Waals surface area (Å²) in [5, 5.41) is 10.4. The Balaban J connectivity index is 1.67. The summed E-state index contributed by atoms with van der Waals surface area (Å²) in [6.07, 6.45) is 2.02. The number of anilines is 1. The molecular weight excluding hydrogens is 314 g/mol. The number of aryl methyl sites for hydroxylation is 2. The van der Waals surface area contributed by atoms with Gasteiger partial charge < -0.3 is 15.1 Å². The zero-order valence-corrected chi connectivity index (χ0v) is 15.5. The largest absolute Gasteiger partial charge is 0.378 e. The number of urea groups is 1. The molecule has 2 heterocycles. The van der Waals surface area contributed by atoms with Crippen LogP contribution in [0, 0.1) is 13.8 Å². The van der Waals surface area contributed by atoms with Gasteiger partial charge >= 0.3 is 6.03 Å². The van der Waals surface area contributed by atoms with Crippen LogP contribution in [0.4, 0.5) is 10.5 Å². The number of carbonyl (C=O) groups is 1. The number of rotatable bonds is 4. The van der Waals surface area contributed by atoms with E-state index in [4.69, 9.17) is 0 Å². The lowest BCUT2D eigenvalue weighted by Gasteiger charge is -2.25. The Hall–Kier alpha value is -2.50. The molecule has 2 N–H and O–H groups in total. The normalized spacial score (nSPS) is 17.0. The van der Waals surface area contributed by atoms with Crippen molar-refractivity contribution < 1.29 is 4.79 Å². The van der Waals surface area contributed by atoms with Crippen LogP contribution in [-0.2, 0) is 6.54 Å². The summed E-state index contributed by atoms with van der Waals surface area (Å²) in [5.74, 6) is 0. The minimum atomic E-state index is -0.00208. The highest BCUT2D eigenvalue weighted by molar-refractivity contribution is 5.75. The maximum absolute atomic E-state index is 12.7. The fraction of sp³-hybridized carbons (Fsp3) is 0.474. The first-order chi connectivity index (χ1) is 12.0. The molecule has 2 aromatic rings. The summed E-state index contributed by atoms with van der Waals surface area (Å²) in [7, 11) is 4.03. The highest BCUT2D eigenvalue weighted by atomic mass is 16.2. The van der Waals surface area contributed by atoms with Crippen molar-refractivity contribution in [1.29, 1.82) is 0 Å². The van der Waals surface area contributed by atoms with Crippen LogP contribution in [0.5, 0.6) is 0 Å². The van der Waals surface area contributed by atoms with Gasteiger partial charge in [0.05, 0.1) is 11.7 Å². The highest BCUT2D eigenvalue weighted by Gasteiger charge is 2.32. The van der Waals surface area contributed by atoms with Crippen LogP contribution < -0.4 is 10.2 Å². The number of amides is 2. The molecule has 3 rings (SSSR count). The molecule has 1 aromatic heterocycles. The van der Waals surface area contributed by atoms with Crippen LogP contribution in [0.3, 0.4) is 0 Å². The van der Waals surface area contributed by atoms with Gasteiger partial charge in [0.15, 0.2) is 0 Å². The van der Waals surface area contributed by atoms with Gasteiger partial charge in [-0.25, -0.2) is 4.79 Å². The summed E-state index contributed by atoms with van der Waals surface area (Å²) in [4.78, 5) is 16.7. The van der Waals surface area contributed by atoms with E-state index >= 15 is 0 Å². The van der Waals surface area contributed by atoms with Crippen molar-refractivity contribution in [2.24, 2.45) is 0 Å². The smallest absolute Gasteiger partial charge is 0.318 e. The molecule has 25 heavy (non-hydrogen) atoms. The molecule has 0 saturated carbocycles. The predicted octanol–water partition coefficient (Wildman–Crippen LogP) is 3.14. The van der Waals surface area contributed by atoms with E-state index in [0.717, 1.165) is 42.0 Å². The summed E-state index contributed by atoms with van der Waals surface area (Å²) >= 11 is 0. The van der Waals surface area contributed by atoms with E-state index in [2.05, 4.69) is 32.5 Å². The first-order valence-corrected chi connectivity index (χ1v) is 8.79. The standard InChI is InChI=1S/C19H27N5O/c1-13-18(14(2)22-21-13)17-9-6-10-24(17)19(25)20-12-15-7-5-8-16(11-15)23(3)4/h5,7-8,11,17H,6,9-10,12H2,1-4H3,(H,20,25)(H,21,22)/t17-/m1/s1. The van der Waals surface area contributed by atoms with Crippen LogP contribution >= 0.6 is 0 Å². The number of carbonyl (C=O) groups excluding carboxylic acids is 1. The number of H-pyrrole nitrogens is 1. The minimum absolute atomic E-state index is 0.00208. The van der Waals surface area contributed by atoms with Crippen molar-refractivity contribution in [2.75, 3.05) is 25.5 Å². The van der Waals surface area contributed by atoms with E-state index in [1.54, 1.807) is 0 Å². The molecule has 0 bridgehead atoms. The third kappa shape index (κ3) is 3.62. The van der Waals surface area contributed by atoms with Crippen molar-refractivity contribution in [3.8, 4) is 0 Å². The number of benzene rings is 1. The van der Waals surface area contributed by atoms with E-state index in [-0.39, 0.29) is 12.1 Å². The van der Waals surface area contributed by atoms with Gasteiger partial charge in [-0.15, -0.1) is 0 Å². The zero-order valence-electron chi connectivity index (χ0n) is 15.5. The number of nitrogens with zero attached hydrogens (tertiary/aromatic N) is 3. The van der Waals surface area contributed by atoms with Crippen molar-refractivity contribution in [2.45, 2.75) is 39.3 Å². The van der Waals surface area contributed by atoms with Crippen molar-refractivity contribution in [3.63, 3.8) is 0 Å². The molecular formula is C19H27N5O. The van der Waals surface area contributed by atoms with Gasteiger partial charge in [0.2, 0.25) is 0 Å². The van der Waals surface area contributed by atoms with Crippen LogP contribution in [0.2, 0.25) is 0 Å². The van der Waals surface area contributed by atoms with E-state index in [9.17, 15) is 4.79 Å². The average Bonchev–Trinajstić information content (AvgIpc) is 3.19. The van der Waals surface area contributed by atoms with Crippen LogP contribution in [0.1, 0.15) is 41.4 Å². The molecule has 2 amide bonds. The molecule has 6 nitrogen and oxygen atoms in total. The Bertz CT molecular complexity index is 733. The Kier molecular flexibility index (Phi) is 4.97. The zero-order chi connectivity index (χ0) is 18.0. The number of hydrogen-bond donors (Lipinski definition) is 2. The molecule has 1 fully saturated rings. The summed E-state index contributed by atoms with van der Waals surface area (Å²) < 4.78 is 0. The third-order valence-electron chi connectivity index (χ3n) is 4.90. The SMILES string of the molecule is Cc1n[nH]c(C)c1[C@H]1CCCN1C(=O)NCc1cccc(N(C)C)c1. The predicted molar refractivity (Wildman–Crippen MR) is 99.7 cm³/mol. The summed E-state index contributed by atoms with van der Waals surface area (Å²) in [6.45, 7) is 5.35. The lowest BCUT2D eigenvalue weighted by atomic mass is 10.0. The first-order valence-electron chi connectivity index (χ1n) is 8.79. The number of aromatic nitrogens is 2. The Labute approximate surface area is 149 Å². The van der Waals surface area contributed by atoms with Crippen LogP contribution in [0.15, 0.2) is 24.3 Å². The molecule has 6 heteroatoms. The second kappa shape index (κ2) is 7.17. The van der Waals surface area contributed by atoms with Gasteiger partial charge in [0.1, 0.15) is 0 Å². The highest BCUT2D eigenvalue weighted by Crippen LogP contribution is 2.34. The van der Waals surface area contributed by atoms with E-state index < -0.39 is 0 Å². The van der Waals surface area contributed by atoms with Gasteiger partial charge in [0.25, 0.3) is 0 Å². The van der Waals surface area contributed by atoms with Crippen molar-refractivity contribution in [3.05, 3.63) is 46.8 Å². The fourth-order valence-corrected chi connectivity index (χ4v) is 3.58. The van der Waals surface area contributed by atoms with Gasteiger partial charge in [-0.1, -0.05) is 12.1 Å². The van der Waals surface area contributed by atoms with Gasteiger partial charge in [-0.05, 0) is 44.4 Å². The molecule has 1 aromatic carbocycles. The lowest BCUT2D eigenvalue weighted by molar-refractivity contribution is 0.192. The quantitative estimate of drug-likeness (QED) is 0.898. The molecule has 0 radical (unpaired) electrons.